The first-order chi connectivity index (χ1) is 31.2. The van der Waals surface area contributed by atoms with E-state index in [1.165, 1.54) is 0 Å². The standard InChI is InChI=1S/C54H58O8S/c1-7-19-41(20-8-1)33-55-39-48-51(58-36-44-25-13-4-14-26-44)52(59-37-45-27-15-5-16-28-45)53(60-38-46-29-17-6-18-30-46)54(61-48)62-50-47(57-35-43-23-11-3-12-24-43)31-32-63-49(50)40-56-34-42-21-9-2-10-22-42/h1-30,47-54H,31-40H2/t47-,48-,49+,50+,51+,52+,53-,54+/m1/s1. The molecule has 6 aromatic carbocycles. The average Bonchev–Trinajstić information content (AvgIpc) is 3.34. The number of rotatable bonds is 22. The lowest BCUT2D eigenvalue weighted by Crippen LogP contribution is -2.63. The summed E-state index contributed by atoms with van der Waals surface area (Å²) in [5.41, 5.74) is 6.40. The summed E-state index contributed by atoms with van der Waals surface area (Å²) in [6, 6.07) is 61.3. The van der Waals surface area contributed by atoms with Gasteiger partial charge in [-0.05, 0) is 45.6 Å². The number of ether oxygens (including phenoxy) is 8. The van der Waals surface area contributed by atoms with Gasteiger partial charge in [-0.25, -0.2) is 0 Å². The Hall–Kier alpha value is -4.65. The fourth-order valence-corrected chi connectivity index (χ4v) is 9.28. The molecule has 2 aliphatic rings. The molecule has 8 atom stereocenters. The van der Waals surface area contributed by atoms with Gasteiger partial charge in [0.1, 0.15) is 30.5 Å². The van der Waals surface area contributed by atoms with Gasteiger partial charge in [-0.15, -0.1) is 0 Å². The van der Waals surface area contributed by atoms with E-state index >= 15 is 0 Å². The van der Waals surface area contributed by atoms with Crippen molar-refractivity contribution in [2.75, 3.05) is 19.0 Å². The average molecular weight is 867 g/mol. The fourth-order valence-electron chi connectivity index (χ4n) is 7.99. The normalized spacial score (nSPS) is 23.6. The van der Waals surface area contributed by atoms with Crippen molar-refractivity contribution < 1.29 is 37.9 Å². The van der Waals surface area contributed by atoms with E-state index in [9.17, 15) is 0 Å². The molecule has 0 amide bonds. The molecule has 0 unspecified atom stereocenters. The van der Waals surface area contributed by atoms with Crippen molar-refractivity contribution in [3.63, 3.8) is 0 Å². The van der Waals surface area contributed by atoms with E-state index < -0.39 is 36.8 Å². The van der Waals surface area contributed by atoms with Crippen LogP contribution in [0.3, 0.4) is 0 Å². The second kappa shape index (κ2) is 24.4. The minimum atomic E-state index is -0.875. The van der Waals surface area contributed by atoms with Crippen LogP contribution in [0.2, 0.25) is 0 Å². The molecule has 0 aliphatic carbocycles. The summed E-state index contributed by atoms with van der Waals surface area (Å²) in [6.45, 7) is 3.08. The maximum atomic E-state index is 7.37. The Morgan fingerprint density at radius 1 is 0.397 bits per heavy atom. The second-order valence-corrected chi connectivity index (χ2v) is 17.3. The number of benzene rings is 6. The highest BCUT2D eigenvalue weighted by Gasteiger charge is 2.51. The number of hydrogen-bond acceptors (Lipinski definition) is 9. The molecule has 328 valence electrons. The van der Waals surface area contributed by atoms with Crippen molar-refractivity contribution in [2.45, 2.75) is 94.2 Å². The zero-order valence-electron chi connectivity index (χ0n) is 35.7. The van der Waals surface area contributed by atoms with Crippen molar-refractivity contribution >= 4 is 11.8 Å². The Morgan fingerprint density at radius 2 is 0.778 bits per heavy atom. The van der Waals surface area contributed by atoms with E-state index in [-0.39, 0.29) is 18.0 Å². The summed E-state index contributed by atoms with van der Waals surface area (Å²) in [7, 11) is 0. The van der Waals surface area contributed by atoms with Gasteiger partial charge in [-0.2, -0.15) is 11.8 Å². The van der Waals surface area contributed by atoms with Crippen LogP contribution in [0.4, 0.5) is 0 Å². The maximum absolute atomic E-state index is 7.37. The third kappa shape index (κ3) is 13.7. The van der Waals surface area contributed by atoms with Crippen molar-refractivity contribution in [3.8, 4) is 0 Å². The number of hydrogen-bond donors (Lipinski definition) is 0. The molecule has 0 saturated carbocycles. The van der Waals surface area contributed by atoms with Gasteiger partial charge in [0, 0.05) is 0 Å². The zero-order valence-corrected chi connectivity index (χ0v) is 36.5. The first kappa shape index (κ1) is 44.9. The molecule has 2 saturated heterocycles. The van der Waals surface area contributed by atoms with Crippen LogP contribution in [0.1, 0.15) is 39.8 Å². The molecule has 9 heteroatoms. The Bertz CT molecular complexity index is 2130. The van der Waals surface area contributed by atoms with Gasteiger partial charge >= 0.3 is 0 Å². The third-order valence-electron chi connectivity index (χ3n) is 11.3. The van der Waals surface area contributed by atoms with Gasteiger partial charge < -0.3 is 37.9 Å². The zero-order chi connectivity index (χ0) is 42.7. The Kier molecular flexibility index (Phi) is 17.4. The maximum Gasteiger partial charge on any atom is 0.187 e. The van der Waals surface area contributed by atoms with Crippen LogP contribution < -0.4 is 0 Å². The van der Waals surface area contributed by atoms with Crippen molar-refractivity contribution in [3.05, 3.63) is 215 Å². The summed E-state index contributed by atoms with van der Waals surface area (Å²) >= 11 is 1.85. The van der Waals surface area contributed by atoms with Gasteiger partial charge in [0.15, 0.2) is 6.29 Å². The summed E-state index contributed by atoms with van der Waals surface area (Å²) in [5.74, 6) is 0.909. The van der Waals surface area contributed by atoms with Crippen LogP contribution in [0, 0.1) is 0 Å². The van der Waals surface area contributed by atoms with Crippen LogP contribution in [0.25, 0.3) is 0 Å². The Balaban J connectivity index is 1.12. The fraction of sp³-hybridized carbons (Fsp3) is 0.333. The highest BCUT2D eigenvalue weighted by molar-refractivity contribution is 8.00. The van der Waals surface area contributed by atoms with Gasteiger partial charge in [0.2, 0.25) is 0 Å². The number of thioether (sulfide) groups is 1. The predicted molar refractivity (Wildman–Crippen MR) is 247 cm³/mol. The monoisotopic (exact) mass is 866 g/mol. The van der Waals surface area contributed by atoms with Gasteiger partial charge in [-0.3, -0.25) is 0 Å². The van der Waals surface area contributed by atoms with Gasteiger partial charge in [0.05, 0.1) is 64.2 Å². The van der Waals surface area contributed by atoms with E-state index in [1.54, 1.807) is 0 Å². The van der Waals surface area contributed by atoms with Crippen molar-refractivity contribution in [1.29, 1.82) is 0 Å². The molecule has 0 bridgehead atoms. The molecule has 6 aromatic rings. The molecule has 0 aromatic heterocycles. The van der Waals surface area contributed by atoms with E-state index in [4.69, 9.17) is 37.9 Å². The first-order valence-electron chi connectivity index (χ1n) is 22.0. The molecule has 0 radical (unpaired) electrons. The van der Waals surface area contributed by atoms with Gasteiger partial charge in [0.25, 0.3) is 0 Å². The summed E-state index contributed by atoms with van der Waals surface area (Å²) in [5, 5.41) is -0.0508. The highest BCUT2D eigenvalue weighted by atomic mass is 32.2. The van der Waals surface area contributed by atoms with Crippen LogP contribution in [0.5, 0.6) is 0 Å². The molecule has 8 rings (SSSR count). The summed E-state index contributed by atoms with van der Waals surface area (Å²) < 4.78 is 55.2. The van der Waals surface area contributed by atoms with E-state index in [0.29, 0.717) is 46.2 Å². The lowest BCUT2D eigenvalue weighted by Gasteiger charge is -2.48. The molecule has 2 fully saturated rings. The Labute approximate surface area is 376 Å². The molecular weight excluding hydrogens is 809 g/mol. The quantitative estimate of drug-likeness (QED) is 0.0663. The van der Waals surface area contributed by atoms with Gasteiger partial charge in [-0.1, -0.05) is 182 Å². The van der Waals surface area contributed by atoms with Crippen LogP contribution in [-0.4, -0.2) is 67.1 Å². The van der Waals surface area contributed by atoms with Crippen molar-refractivity contribution in [2.24, 2.45) is 0 Å². The van der Waals surface area contributed by atoms with Crippen LogP contribution in [-0.2, 0) is 77.5 Å². The van der Waals surface area contributed by atoms with Crippen LogP contribution in [0.15, 0.2) is 182 Å². The molecule has 2 heterocycles. The van der Waals surface area contributed by atoms with Crippen molar-refractivity contribution in [1.82, 2.24) is 0 Å². The predicted octanol–water partition coefficient (Wildman–Crippen LogP) is 10.4. The largest absolute Gasteiger partial charge is 0.376 e. The topological polar surface area (TPSA) is 73.8 Å². The third-order valence-corrected chi connectivity index (χ3v) is 12.6. The Morgan fingerprint density at radius 3 is 1.24 bits per heavy atom. The SMILES string of the molecule is c1ccc(COC[C@@H]2SCC[C@@H](OCc3ccccc3)[C@@H]2O[C@@H]2O[C@H](COCc3ccccc3)[C@H](OCc3ccccc3)[C@H](OCc3ccccc3)[C@H]2OCc2ccccc2)cc1. The smallest absolute Gasteiger partial charge is 0.187 e. The van der Waals surface area contributed by atoms with E-state index in [2.05, 4.69) is 72.8 Å². The highest BCUT2D eigenvalue weighted by Crippen LogP contribution is 2.37. The molecular formula is C54H58O8S. The second-order valence-electron chi connectivity index (χ2n) is 16.0. The minimum Gasteiger partial charge on any atom is -0.376 e. The lowest BCUT2D eigenvalue weighted by atomic mass is 9.97. The molecule has 0 spiro atoms. The van der Waals surface area contributed by atoms with Crippen LogP contribution >= 0.6 is 11.8 Å². The van der Waals surface area contributed by atoms with E-state index in [1.807, 2.05) is 121 Å². The molecule has 0 N–H and O–H groups in total. The lowest BCUT2D eigenvalue weighted by molar-refractivity contribution is -0.342. The molecule has 63 heavy (non-hydrogen) atoms. The molecule has 8 nitrogen and oxygen atoms in total. The summed E-state index contributed by atoms with van der Waals surface area (Å²) in [4.78, 5) is 0. The molecule has 2 aliphatic heterocycles. The minimum absolute atomic E-state index is 0.0508. The summed E-state index contributed by atoms with van der Waals surface area (Å²) in [6.07, 6.45) is -3.19. The van der Waals surface area contributed by atoms with E-state index in [0.717, 1.165) is 45.6 Å². The first-order valence-corrected chi connectivity index (χ1v) is 23.1.